The number of aryl methyl sites for hydroxylation is 2. The summed E-state index contributed by atoms with van der Waals surface area (Å²) in [7, 11) is 0. The molecule has 2 saturated carbocycles. The molecule has 0 aromatic carbocycles. The lowest BCUT2D eigenvalue weighted by Crippen LogP contribution is -2.55. The third-order valence-corrected chi connectivity index (χ3v) is 7.38. The van der Waals surface area contributed by atoms with Crippen LogP contribution in [0.1, 0.15) is 55.6 Å². The Hall–Kier alpha value is -0.410. The van der Waals surface area contributed by atoms with Crippen molar-refractivity contribution in [3.63, 3.8) is 0 Å². The summed E-state index contributed by atoms with van der Waals surface area (Å²) in [4.78, 5) is 5.94. The first-order valence-electron chi connectivity index (χ1n) is 7.35. The third kappa shape index (κ3) is 1.61. The van der Waals surface area contributed by atoms with Crippen molar-refractivity contribution in [2.75, 3.05) is 0 Å². The minimum absolute atomic E-state index is 0.00742. The zero-order valence-corrected chi connectivity index (χ0v) is 13.5. The van der Waals surface area contributed by atoms with Crippen molar-refractivity contribution in [3.05, 3.63) is 15.6 Å². The van der Waals surface area contributed by atoms with Gasteiger partial charge in [0.05, 0.1) is 16.3 Å². The van der Waals surface area contributed by atoms with E-state index in [4.69, 9.17) is 0 Å². The van der Waals surface area contributed by atoms with E-state index in [1.807, 2.05) is 0 Å². The van der Waals surface area contributed by atoms with E-state index in [0.29, 0.717) is 5.92 Å². The van der Waals surface area contributed by atoms with Crippen molar-refractivity contribution >= 4 is 11.3 Å². The van der Waals surface area contributed by atoms with Gasteiger partial charge in [0.25, 0.3) is 0 Å². The van der Waals surface area contributed by atoms with E-state index in [-0.39, 0.29) is 10.8 Å². The zero-order valence-electron chi connectivity index (χ0n) is 12.7. The number of fused-ring (bicyclic) bond motifs is 2. The van der Waals surface area contributed by atoms with Crippen LogP contribution in [0, 0.1) is 30.6 Å². The van der Waals surface area contributed by atoms with Crippen LogP contribution in [0.25, 0.3) is 0 Å². The first kappa shape index (κ1) is 13.6. The second kappa shape index (κ2) is 3.82. The number of hydrogen-bond acceptors (Lipinski definition) is 3. The fourth-order valence-electron chi connectivity index (χ4n) is 4.62. The minimum atomic E-state index is -0.598. The maximum atomic E-state index is 11.5. The summed E-state index contributed by atoms with van der Waals surface area (Å²) < 4.78 is 0. The molecule has 1 N–H and O–H groups in total. The molecule has 19 heavy (non-hydrogen) atoms. The quantitative estimate of drug-likeness (QED) is 0.891. The summed E-state index contributed by atoms with van der Waals surface area (Å²) in [5, 5.41) is 12.6. The number of nitrogens with zero attached hydrogens (tertiary/aromatic N) is 1. The lowest BCUT2D eigenvalue weighted by Gasteiger charge is -2.50. The molecule has 0 aliphatic heterocycles. The predicted octanol–water partition coefficient (Wildman–Crippen LogP) is 3.88. The highest BCUT2D eigenvalue weighted by molar-refractivity contribution is 7.11. The highest BCUT2D eigenvalue weighted by atomic mass is 32.1. The van der Waals surface area contributed by atoms with Crippen LogP contribution >= 0.6 is 11.3 Å². The molecule has 1 heterocycles. The second-order valence-corrected chi connectivity index (χ2v) is 8.80. The van der Waals surface area contributed by atoms with Gasteiger partial charge in [0.15, 0.2) is 0 Å². The SMILES string of the molecule is Cc1nc(CC2(O)C3(C)CCC(C3)C2(C)C)sc1C. The molecule has 0 amide bonds. The van der Waals surface area contributed by atoms with Crippen LogP contribution in [0.3, 0.4) is 0 Å². The molecular formula is C16H25NOS. The molecule has 3 rings (SSSR count). The van der Waals surface area contributed by atoms with Crippen LogP contribution in [0.5, 0.6) is 0 Å². The molecule has 0 radical (unpaired) electrons. The summed E-state index contributed by atoms with van der Waals surface area (Å²) in [5.41, 5.74) is 0.608. The Balaban J connectivity index is 1.98. The highest BCUT2D eigenvalue weighted by Crippen LogP contribution is 2.68. The number of aliphatic hydroxyl groups is 1. The van der Waals surface area contributed by atoms with Crippen LogP contribution in [-0.4, -0.2) is 15.7 Å². The maximum Gasteiger partial charge on any atom is 0.0959 e. The molecule has 3 unspecified atom stereocenters. The van der Waals surface area contributed by atoms with E-state index in [1.54, 1.807) is 11.3 Å². The van der Waals surface area contributed by atoms with Gasteiger partial charge in [-0.2, -0.15) is 0 Å². The Morgan fingerprint density at radius 2 is 2.00 bits per heavy atom. The molecule has 3 atom stereocenters. The number of aromatic nitrogens is 1. The van der Waals surface area contributed by atoms with Gasteiger partial charge in [-0.15, -0.1) is 11.3 Å². The van der Waals surface area contributed by atoms with Gasteiger partial charge in [0.1, 0.15) is 0 Å². The molecule has 0 spiro atoms. The number of rotatable bonds is 2. The smallest absolute Gasteiger partial charge is 0.0959 e. The molecule has 1 aromatic rings. The summed E-state index contributed by atoms with van der Waals surface area (Å²) in [6, 6.07) is 0. The summed E-state index contributed by atoms with van der Waals surface area (Å²) in [6.45, 7) is 11.0. The van der Waals surface area contributed by atoms with Gasteiger partial charge < -0.3 is 5.11 Å². The third-order valence-electron chi connectivity index (χ3n) is 6.31. The van der Waals surface area contributed by atoms with E-state index in [1.165, 1.54) is 24.1 Å². The van der Waals surface area contributed by atoms with E-state index in [9.17, 15) is 5.11 Å². The summed E-state index contributed by atoms with van der Waals surface area (Å²) in [6.07, 6.45) is 4.36. The Kier molecular flexibility index (Phi) is 2.73. The molecule has 2 bridgehead atoms. The minimum Gasteiger partial charge on any atom is -0.388 e. The molecular weight excluding hydrogens is 254 g/mol. The second-order valence-electron chi connectivity index (χ2n) is 7.51. The monoisotopic (exact) mass is 279 g/mol. The first-order chi connectivity index (χ1) is 8.70. The molecule has 2 aliphatic carbocycles. The Morgan fingerprint density at radius 3 is 2.47 bits per heavy atom. The van der Waals surface area contributed by atoms with Crippen molar-refractivity contribution in [1.82, 2.24) is 4.98 Å². The lowest BCUT2D eigenvalue weighted by atomic mass is 9.59. The van der Waals surface area contributed by atoms with E-state index in [0.717, 1.165) is 17.1 Å². The molecule has 2 nitrogen and oxygen atoms in total. The van der Waals surface area contributed by atoms with Crippen molar-refractivity contribution in [2.45, 2.75) is 65.9 Å². The van der Waals surface area contributed by atoms with Crippen molar-refractivity contribution < 1.29 is 5.11 Å². The normalized spacial score (nSPS) is 40.0. The van der Waals surface area contributed by atoms with Crippen LogP contribution in [-0.2, 0) is 6.42 Å². The van der Waals surface area contributed by atoms with Crippen LogP contribution in [0.4, 0.5) is 0 Å². The zero-order chi connectivity index (χ0) is 14.1. The van der Waals surface area contributed by atoms with Crippen molar-refractivity contribution in [2.24, 2.45) is 16.7 Å². The van der Waals surface area contributed by atoms with Gasteiger partial charge in [0, 0.05) is 11.3 Å². The Morgan fingerprint density at radius 1 is 1.32 bits per heavy atom. The van der Waals surface area contributed by atoms with Crippen LogP contribution in [0.15, 0.2) is 0 Å². The van der Waals surface area contributed by atoms with Gasteiger partial charge in [-0.3, -0.25) is 0 Å². The van der Waals surface area contributed by atoms with Gasteiger partial charge in [-0.05, 0) is 49.9 Å². The lowest BCUT2D eigenvalue weighted by molar-refractivity contribution is -0.141. The average molecular weight is 279 g/mol. The standard InChI is InChI=1S/C16H25NOS/c1-10-11(2)19-13(17-10)9-16(18)14(3,4)12-6-7-15(16,5)8-12/h12,18H,6-9H2,1-5H3. The molecule has 2 fully saturated rings. The largest absolute Gasteiger partial charge is 0.388 e. The van der Waals surface area contributed by atoms with Gasteiger partial charge in [-0.25, -0.2) is 4.98 Å². The molecule has 1 aromatic heterocycles. The van der Waals surface area contributed by atoms with Crippen LogP contribution in [0.2, 0.25) is 0 Å². The Labute approximate surface area is 120 Å². The van der Waals surface area contributed by atoms with Crippen molar-refractivity contribution in [1.29, 1.82) is 0 Å². The maximum absolute atomic E-state index is 11.5. The first-order valence-corrected chi connectivity index (χ1v) is 8.16. The van der Waals surface area contributed by atoms with Crippen molar-refractivity contribution in [3.8, 4) is 0 Å². The topological polar surface area (TPSA) is 33.1 Å². The highest BCUT2D eigenvalue weighted by Gasteiger charge is 2.68. The summed E-state index contributed by atoms with van der Waals surface area (Å²) in [5.74, 6) is 0.671. The molecule has 0 saturated heterocycles. The molecule has 106 valence electrons. The fourth-order valence-corrected chi connectivity index (χ4v) is 5.63. The van der Waals surface area contributed by atoms with Gasteiger partial charge in [0.2, 0.25) is 0 Å². The van der Waals surface area contributed by atoms with E-state index < -0.39 is 5.60 Å². The molecule has 2 aliphatic rings. The predicted molar refractivity (Wildman–Crippen MR) is 79.5 cm³/mol. The average Bonchev–Trinajstić information content (AvgIpc) is 2.87. The van der Waals surface area contributed by atoms with E-state index >= 15 is 0 Å². The Bertz CT molecular complexity index is 495. The number of hydrogen-bond donors (Lipinski definition) is 1. The number of thiazole rings is 1. The van der Waals surface area contributed by atoms with Gasteiger partial charge in [-0.1, -0.05) is 20.8 Å². The fraction of sp³-hybridized carbons (Fsp3) is 0.812. The van der Waals surface area contributed by atoms with E-state index in [2.05, 4.69) is 39.6 Å². The van der Waals surface area contributed by atoms with Gasteiger partial charge >= 0.3 is 0 Å². The summed E-state index contributed by atoms with van der Waals surface area (Å²) >= 11 is 1.76. The van der Waals surface area contributed by atoms with Crippen LogP contribution < -0.4 is 0 Å². The molecule has 3 heteroatoms.